The SMILES string of the molecule is CCOc1ccc(S(=O)(=O)N[C@H](Cc2ccccc2)C(=O)Nc2ccc(C)cc2)cc1. The van der Waals surface area contributed by atoms with Crippen molar-refractivity contribution in [3.05, 3.63) is 90.0 Å². The molecule has 3 aromatic rings. The first-order chi connectivity index (χ1) is 14.9. The van der Waals surface area contributed by atoms with E-state index in [1.165, 1.54) is 12.1 Å². The minimum absolute atomic E-state index is 0.0668. The summed E-state index contributed by atoms with van der Waals surface area (Å²) < 4.78 is 33.9. The minimum atomic E-state index is -3.92. The third-order valence-corrected chi connectivity index (χ3v) is 6.15. The molecule has 0 aliphatic rings. The van der Waals surface area contributed by atoms with Crippen LogP contribution in [0.25, 0.3) is 0 Å². The maximum atomic E-state index is 13.0. The van der Waals surface area contributed by atoms with Gasteiger partial charge in [0.2, 0.25) is 15.9 Å². The molecule has 3 rings (SSSR count). The summed E-state index contributed by atoms with van der Waals surface area (Å²) in [6, 6.07) is 21.8. The molecule has 0 aromatic heterocycles. The molecule has 2 N–H and O–H groups in total. The number of carbonyl (C=O) groups excluding carboxylic acids is 1. The number of benzene rings is 3. The van der Waals surface area contributed by atoms with Gasteiger partial charge in [0.25, 0.3) is 0 Å². The number of carbonyl (C=O) groups is 1. The van der Waals surface area contributed by atoms with Crippen molar-refractivity contribution in [3.8, 4) is 5.75 Å². The fourth-order valence-electron chi connectivity index (χ4n) is 3.04. The zero-order valence-corrected chi connectivity index (χ0v) is 18.4. The third kappa shape index (κ3) is 6.41. The number of hydrogen-bond acceptors (Lipinski definition) is 4. The third-order valence-electron chi connectivity index (χ3n) is 4.66. The Hall–Kier alpha value is -3.16. The molecule has 0 spiro atoms. The topological polar surface area (TPSA) is 84.5 Å². The van der Waals surface area contributed by atoms with Crippen molar-refractivity contribution in [2.75, 3.05) is 11.9 Å². The second-order valence-electron chi connectivity index (χ2n) is 7.12. The highest BCUT2D eigenvalue weighted by atomic mass is 32.2. The van der Waals surface area contributed by atoms with E-state index < -0.39 is 22.0 Å². The highest BCUT2D eigenvalue weighted by Crippen LogP contribution is 2.17. The van der Waals surface area contributed by atoms with Crippen LogP contribution in [0.3, 0.4) is 0 Å². The lowest BCUT2D eigenvalue weighted by molar-refractivity contribution is -0.117. The van der Waals surface area contributed by atoms with Crippen LogP contribution in [0, 0.1) is 6.92 Å². The van der Waals surface area contributed by atoms with Gasteiger partial charge in [-0.3, -0.25) is 4.79 Å². The van der Waals surface area contributed by atoms with Crippen LogP contribution in [0.2, 0.25) is 0 Å². The highest BCUT2D eigenvalue weighted by Gasteiger charge is 2.26. The van der Waals surface area contributed by atoms with Crippen molar-refractivity contribution in [3.63, 3.8) is 0 Å². The molecule has 0 bridgehead atoms. The maximum absolute atomic E-state index is 13.0. The van der Waals surface area contributed by atoms with Gasteiger partial charge in [0, 0.05) is 5.69 Å². The lowest BCUT2D eigenvalue weighted by Crippen LogP contribution is -2.45. The Labute approximate surface area is 183 Å². The first-order valence-electron chi connectivity index (χ1n) is 10.0. The van der Waals surface area contributed by atoms with E-state index in [1.807, 2.05) is 56.3 Å². The molecule has 0 unspecified atom stereocenters. The normalized spacial score (nSPS) is 12.2. The van der Waals surface area contributed by atoms with Crippen LogP contribution in [0.1, 0.15) is 18.1 Å². The monoisotopic (exact) mass is 438 g/mol. The lowest BCUT2D eigenvalue weighted by atomic mass is 10.1. The van der Waals surface area contributed by atoms with Gasteiger partial charge in [0.15, 0.2) is 0 Å². The molecular weight excluding hydrogens is 412 g/mol. The van der Waals surface area contributed by atoms with Crippen LogP contribution in [0.5, 0.6) is 5.75 Å². The molecule has 1 atom stereocenters. The molecule has 0 saturated heterocycles. The molecule has 1 amide bonds. The number of rotatable bonds is 9. The molecule has 31 heavy (non-hydrogen) atoms. The molecule has 162 valence electrons. The van der Waals surface area contributed by atoms with E-state index in [1.54, 1.807) is 24.3 Å². The zero-order valence-electron chi connectivity index (χ0n) is 17.5. The first kappa shape index (κ1) is 22.5. The maximum Gasteiger partial charge on any atom is 0.242 e. The van der Waals surface area contributed by atoms with E-state index in [-0.39, 0.29) is 11.3 Å². The molecule has 0 saturated carbocycles. The fraction of sp³-hybridized carbons (Fsp3) is 0.208. The Bertz CT molecular complexity index is 1100. The van der Waals surface area contributed by atoms with E-state index in [0.29, 0.717) is 18.0 Å². The summed E-state index contributed by atoms with van der Waals surface area (Å²) in [5.41, 5.74) is 2.52. The number of hydrogen-bond donors (Lipinski definition) is 2. The standard InChI is InChI=1S/C24H26N2O4S/c1-3-30-21-13-15-22(16-14-21)31(28,29)26-23(17-19-7-5-4-6-8-19)24(27)25-20-11-9-18(2)10-12-20/h4-16,23,26H,3,17H2,1-2H3,(H,25,27)/t23-/m1/s1. The zero-order chi connectivity index (χ0) is 22.3. The number of anilines is 1. The number of aryl methyl sites for hydroxylation is 1. The second-order valence-corrected chi connectivity index (χ2v) is 8.84. The lowest BCUT2D eigenvalue weighted by Gasteiger charge is -2.19. The van der Waals surface area contributed by atoms with E-state index in [9.17, 15) is 13.2 Å². The van der Waals surface area contributed by atoms with Crippen molar-refractivity contribution in [2.45, 2.75) is 31.2 Å². The molecular formula is C24H26N2O4S. The highest BCUT2D eigenvalue weighted by molar-refractivity contribution is 7.89. The van der Waals surface area contributed by atoms with Gasteiger partial charge in [-0.25, -0.2) is 8.42 Å². The van der Waals surface area contributed by atoms with Gasteiger partial charge in [-0.15, -0.1) is 0 Å². The van der Waals surface area contributed by atoms with Crippen molar-refractivity contribution in [2.24, 2.45) is 0 Å². The largest absolute Gasteiger partial charge is 0.494 e. The molecule has 0 aliphatic carbocycles. The van der Waals surface area contributed by atoms with E-state index >= 15 is 0 Å². The summed E-state index contributed by atoms with van der Waals surface area (Å²) in [5, 5.41) is 2.80. The summed E-state index contributed by atoms with van der Waals surface area (Å²) in [4.78, 5) is 13.1. The van der Waals surface area contributed by atoms with Gasteiger partial charge in [0.1, 0.15) is 11.8 Å². The van der Waals surface area contributed by atoms with Crippen LogP contribution in [0.15, 0.2) is 83.8 Å². The molecule has 0 fully saturated rings. The average molecular weight is 439 g/mol. The van der Waals surface area contributed by atoms with Crippen molar-refractivity contribution in [1.29, 1.82) is 0 Å². The number of sulfonamides is 1. The van der Waals surface area contributed by atoms with Crippen LogP contribution in [-0.2, 0) is 21.2 Å². The number of amides is 1. The Morgan fingerprint density at radius 2 is 1.58 bits per heavy atom. The van der Waals surface area contributed by atoms with E-state index in [4.69, 9.17) is 4.74 Å². The first-order valence-corrected chi connectivity index (χ1v) is 11.5. The molecule has 6 nitrogen and oxygen atoms in total. The Kier molecular flexibility index (Phi) is 7.44. The van der Waals surface area contributed by atoms with E-state index in [2.05, 4.69) is 10.0 Å². The van der Waals surface area contributed by atoms with E-state index in [0.717, 1.165) is 11.1 Å². The fourth-order valence-corrected chi connectivity index (χ4v) is 4.24. The van der Waals surface area contributed by atoms with Gasteiger partial charge in [-0.05, 0) is 62.2 Å². The van der Waals surface area contributed by atoms with Crippen LogP contribution >= 0.6 is 0 Å². The van der Waals surface area contributed by atoms with Gasteiger partial charge >= 0.3 is 0 Å². The number of ether oxygens (including phenoxy) is 1. The summed E-state index contributed by atoms with van der Waals surface area (Å²) >= 11 is 0. The average Bonchev–Trinajstić information content (AvgIpc) is 2.76. The summed E-state index contributed by atoms with van der Waals surface area (Å²) in [5.74, 6) is 0.154. The van der Waals surface area contributed by atoms with Gasteiger partial charge in [0.05, 0.1) is 11.5 Å². The molecule has 0 aliphatic heterocycles. The van der Waals surface area contributed by atoms with Gasteiger partial charge < -0.3 is 10.1 Å². The quantitative estimate of drug-likeness (QED) is 0.530. The van der Waals surface area contributed by atoms with Crippen LogP contribution in [0.4, 0.5) is 5.69 Å². The Morgan fingerprint density at radius 1 is 0.935 bits per heavy atom. The van der Waals surface area contributed by atoms with Crippen LogP contribution in [-0.4, -0.2) is 27.0 Å². The second kappa shape index (κ2) is 10.2. The van der Waals surface area contributed by atoms with Crippen molar-refractivity contribution >= 4 is 21.6 Å². The summed E-state index contributed by atoms with van der Waals surface area (Å²) in [6.07, 6.45) is 0.217. The Balaban J connectivity index is 1.82. The Morgan fingerprint density at radius 3 is 2.19 bits per heavy atom. The van der Waals surface area contributed by atoms with Gasteiger partial charge in [-0.2, -0.15) is 4.72 Å². The summed E-state index contributed by atoms with van der Waals surface area (Å²) in [7, 11) is -3.92. The van der Waals surface area contributed by atoms with Crippen LogP contribution < -0.4 is 14.8 Å². The predicted molar refractivity (Wildman–Crippen MR) is 122 cm³/mol. The smallest absolute Gasteiger partial charge is 0.242 e. The van der Waals surface area contributed by atoms with Crippen molar-refractivity contribution < 1.29 is 17.9 Å². The molecule has 0 heterocycles. The molecule has 0 radical (unpaired) electrons. The summed E-state index contributed by atoms with van der Waals surface area (Å²) in [6.45, 7) is 4.30. The van der Waals surface area contributed by atoms with Gasteiger partial charge in [-0.1, -0.05) is 48.0 Å². The predicted octanol–water partition coefficient (Wildman–Crippen LogP) is 3.92. The minimum Gasteiger partial charge on any atom is -0.494 e. The number of nitrogens with one attached hydrogen (secondary N) is 2. The van der Waals surface area contributed by atoms with Crippen molar-refractivity contribution in [1.82, 2.24) is 4.72 Å². The molecule has 7 heteroatoms. The molecule has 3 aromatic carbocycles.